The highest BCUT2D eigenvalue weighted by Crippen LogP contribution is 2.47. The Morgan fingerprint density at radius 2 is 2.17 bits per heavy atom. The fourth-order valence-corrected chi connectivity index (χ4v) is 1.81. The molecule has 96 valence electrons. The Hall–Kier alpha value is -2.24. The Labute approximate surface area is 104 Å². The number of anilines is 1. The van der Waals surface area contributed by atoms with E-state index in [0.29, 0.717) is 24.3 Å². The molecule has 0 bridgehead atoms. The Morgan fingerprint density at radius 1 is 1.50 bits per heavy atom. The predicted molar refractivity (Wildman–Crippen MR) is 66.7 cm³/mol. The Balaban J connectivity index is 2.18. The number of nitrogens with zero attached hydrogens (tertiary/aromatic N) is 1. The van der Waals surface area contributed by atoms with Gasteiger partial charge in [0.15, 0.2) is 5.84 Å². The Morgan fingerprint density at radius 3 is 2.72 bits per heavy atom. The molecule has 4 N–H and O–H groups in total. The van der Waals surface area contributed by atoms with Crippen LogP contribution in [0.1, 0.15) is 12.8 Å². The zero-order chi connectivity index (χ0) is 13.2. The number of oxime groups is 1. The summed E-state index contributed by atoms with van der Waals surface area (Å²) in [5, 5.41) is 14.4. The van der Waals surface area contributed by atoms with Crippen LogP contribution in [0.15, 0.2) is 29.4 Å². The first kappa shape index (κ1) is 12.2. The minimum atomic E-state index is -0.865. The summed E-state index contributed by atoms with van der Waals surface area (Å²) in [5.74, 6) is 0.248. The zero-order valence-electron chi connectivity index (χ0n) is 10.0. The van der Waals surface area contributed by atoms with E-state index in [1.54, 1.807) is 18.2 Å². The standard InChI is InChI=1S/C12H15N3O3/c1-18-9-5-3-2-4-8(9)14-11(16)12(6-7-12)10(13)15-17/h2-5,17H,6-7H2,1H3,(H2,13,15)(H,14,16). The molecule has 0 spiro atoms. The molecule has 1 amide bonds. The summed E-state index contributed by atoms with van der Waals surface area (Å²) >= 11 is 0. The summed E-state index contributed by atoms with van der Waals surface area (Å²) in [6, 6.07) is 7.09. The van der Waals surface area contributed by atoms with Gasteiger partial charge in [-0.1, -0.05) is 17.3 Å². The average molecular weight is 249 g/mol. The first-order valence-electron chi connectivity index (χ1n) is 5.56. The highest BCUT2D eigenvalue weighted by molar-refractivity contribution is 6.14. The molecule has 1 saturated carbocycles. The molecule has 1 aliphatic carbocycles. The van der Waals surface area contributed by atoms with Gasteiger partial charge in [-0.3, -0.25) is 4.79 Å². The average Bonchev–Trinajstić information content (AvgIpc) is 3.20. The largest absolute Gasteiger partial charge is 0.495 e. The number of methoxy groups -OCH3 is 1. The van der Waals surface area contributed by atoms with Gasteiger partial charge in [0.1, 0.15) is 11.2 Å². The van der Waals surface area contributed by atoms with Crippen molar-refractivity contribution in [1.29, 1.82) is 0 Å². The maximum absolute atomic E-state index is 12.1. The van der Waals surface area contributed by atoms with E-state index in [9.17, 15) is 4.79 Å². The van der Waals surface area contributed by atoms with Crippen LogP contribution < -0.4 is 15.8 Å². The van der Waals surface area contributed by atoms with Crippen LogP contribution in [0.5, 0.6) is 5.75 Å². The number of hydrogen-bond donors (Lipinski definition) is 3. The van der Waals surface area contributed by atoms with Crippen LogP contribution in [0.2, 0.25) is 0 Å². The first-order valence-corrected chi connectivity index (χ1v) is 5.56. The van der Waals surface area contributed by atoms with E-state index < -0.39 is 5.41 Å². The van der Waals surface area contributed by atoms with Gasteiger partial charge in [-0.15, -0.1) is 0 Å². The lowest BCUT2D eigenvalue weighted by atomic mass is 10.1. The maximum atomic E-state index is 12.1. The third-order valence-corrected chi connectivity index (χ3v) is 3.14. The number of benzene rings is 1. The number of nitrogens with two attached hydrogens (primary N) is 1. The predicted octanol–water partition coefficient (Wildman–Crippen LogP) is 1.16. The van der Waals surface area contributed by atoms with Crippen molar-refractivity contribution in [3.05, 3.63) is 24.3 Å². The lowest BCUT2D eigenvalue weighted by Gasteiger charge is -2.15. The molecule has 0 aromatic heterocycles. The van der Waals surface area contributed by atoms with Crippen LogP contribution in [-0.4, -0.2) is 24.1 Å². The first-order chi connectivity index (χ1) is 8.64. The van der Waals surface area contributed by atoms with E-state index in [4.69, 9.17) is 15.7 Å². The lowest BCUT2D eigenvalue weighted by molar-refractivity contribution is -0.119. The van der Waals surface area contributed by atoms with Crippen LogP contribution in [0.25, 0.3) is 0 Å². The van der Waals surface area contributed by atoms with Gasteiger partial charge in [-0.2, -0.15) is 0 Å². The molecular formula is C12H15N3O3. The van der Waals surface area contributed by atoms with Crippen molar-refractivity contribution in [3.8, 4) is 5.75 Å². The van der Waals surface area contributed by atoms with Crippen molar-refractivity contribution in [2.75, 3.05) is 12.4 Å². The second-order valence-electron chi connectivity index (χ2n) is 4.22. The summed E-state index contributed by atoms with van der Waals surface area (Å²) < 4.78 is 5.14. The number of ether oxygens (including phenoxy) is 1. The molecule has 0 saturated heterocycles. The second kappa shape index (κ2) is 4.56. The summed E-state index contributed by atoms with van der Waals surface area (Å²) in [4.78, 5) is 12.1. The molecule has 0 atom stereocenters. The quantitative estimate of drug-likeness (QED) is 0.323. The van der Waals surface area contributed by atoms with Gasteiger partial charge in [0.2, 0.25) is 5.91 Å². The minimum Gasteiger partial charge on any atom is -0.495 e. The van der Waals surface area contributed by atoms with Gasteiger partial charge in [-0.05, 0) is 25.0 Å². The van der Waals surface area contributed by atoms with E-state index in [2.05, 4.69) is 10.5 Å². The molecule has 0 heterocycles. The molecular weight excluding hydrogens is 234 g/mol. The highest BCUT2D eigenvalue weighted by Gasteiger charge is 2.54. The number of hydrogen-bond acceptors (Lipinski definition) is 4. The molecule has 1 fully saturated rings. The normalized spacial score (nSPS) is 17.1. The fraction of sp³-hybridized carbons (Fsp3) is 0.333. The monoisotopic (exact) mass is 249 g/mol. The van der Waals surface area contributed by atoms with Gasteiger partial charge in [0, 0.05) is 0 Å². The smallest absolute Gasteiger partial charge is 0.238 e. The molecule has 18 heavy (non-hydrogen) atoms. The zero-order valence-corrected chi connectivity index (χ0v) is 10.0. The van der Waals surface area contributed by atoms with E-state index in [-0.39, 0.29) is 11.7 Å². The Bertz CT molecular complexity index is 495. The number of carbonyl (C=O) groups excluding carboxylic acids is 1. The number of nitrogens with one attached hydrogen (secondary N) is 1. The molecule has 0 aliphatic heterocycles. The van der Waals surface area contributed by atoms with E-state index in [1.165, 1.54) is 7.11 Å². The van der Waals surface area contributed by atoms with Crippen molar-refractivity contribution < 1.29 is 14.7 Å². The van der Waals surface area contributed by atoms with Crippen LogP contribution in [-0.2, 0) is 4.79 Å². The van der Waals surface area contributed by atoms with Crippen LogP contribution in [0.4, 0.5) is 5.69 Å². The van der Waals surface area contributed by atoms with E-state index >= 15 is 0 Å². The van der Waals surface area contributed by atoms with Gasteiger partial charge >= 0.3 is 0 Å². The molecule has 0 radical (unpaired) electrons. The molecule has 6 heteroatoms. The topological polar surface area (TPSA) is 96.9 Å². The summed E-state index contributed by atoms with van der Waals surface area (Å²) in [6.07, 6.45) is 1.17. The van der Waals surface area contributed by atoms with Crippen molar-refractivity contribution in [2.45, 2.75) is 12.8 Å². The van der Waals surface area contributed by atoms with Crippen LogP contribution in [0.3, 0.4) is 0 Å². The summed E-state index contributed by atoms with van der Waals surface area (Å²) in [6.45, 7) is 0. The van der Waals surface area contributed by atoms with Gasteiger partial charge in [-0.25, -0.2) is 0 Å². The lowest BCUT2D eigenvalue weighted by Crippen LogP contribution is -2.36. The van der Waals surface area contributed by atoms with Crippen molar-refractivity contribution in [2.24, 2.45) is 16.3 Å². The number of para-hydroxylation sites is 2. The fourth-order valence-electron chi connectivity index (χ4n) is 1.81. The molecule has 1 aromatic rings. The number of carbonyl (C=O) groups is 1. The van der Waals surface area contributed by atoms with Gasteiger partial charge < -0.3 is 21.0 Å². The number of amides is 1. The third kappa shape index (κ3) is 1.97. The third-order valence-electron chi connectivity index (χ3n) is 3.14. The van der Waals surface area contributed by atoms with Crippen molar-refractivity contribution in [1.82, 2.24) is 0 Å². The molecule has 1 aliphatic rings. The summed E-state index contributed by atoms with van der Waals surface area (Å²) in [5.41, 5.74) is 5.25. The second-order valence-corrected chi connectivity index (χ2v) is 4.22. The van der Waals surface area contributed by atoms with Crippen molar-refractivity contribution in [3.63, 3.8) is 0 Å². The molecule has 2 rings (SSSR count). The van der Waals surface area contributed by atoms with Gasteiger partial charge in [0.25, 0.3) is 0 Å². The highest BCUT2D eigenvalue weighted by atomic mass is 16.5. The van der Waals surface area contributed by atoms with E-state index in [0.717, 1.165) is 0 Å². The van der Waals surface area contributed by atoms with Crippen LogP contribution >= 0.6 is 0 Å². The number of rotatable bonds is 4. The van der Waals surface area contributed by atoms with Crippen molar-refractivity contribution >= 4 is 17.4 Å². The Kier molecular flexibility index (Phi) is 3.10. The summed E-state index contributed by atoms with van der Waals surface area (Å²) in [7, 11) is 1.53. The molecule has 0 unspecified atom stereocenters. The van der Waals surface area contributed by atoms with Crippen LogP contribution in [0, 0.1) is 5.41 Å². The van der Waals surface area contributed by atoms with E-state index in [1.807, 2.05) is 6.07 Å². The SMILES string of the molecule is COc1ccccc1NC(=O)C1(/C(N)=N/O)CC1. The molecule has 6 nitrogen and oxygen atoms in total. The molecule has 1 aromatic carbocycles. The maximum Gasteiger partial charge on any atom is 0.238 e. The van der Waals surface area contributed by atoms with Gasteiger partial charge in [0.05, 0.1) is 12.8 Å². The number of amidine groups is 1. The minimum absolute atomic E-state index is 0.0464.